The normalized spacial score (nSPS) is 17.9. The van der Waals surface area contributed by atoms with Crippen LogP contribution in [0, 0.1) is 11.7 Å². The molecule has 0 fully saturated rings. The van der Waals surface area contributed by atoms with Gasteiger partial charge in [0.25, 0.3) is 0 Å². The van der Waals surface area contributed by atoms with E-state index in [4.69, 9.17) is 4.74 Å². The van der Waals surface area contributed by atoms with E-state index in [1.807, 2.05) is 0 Å². The summed E-state index contributed by atoms with van der Waals surface area (Å²) in [6.45, 7) is 1.97. The van der Waals surface area contributed by atoms with Crippen molar-refractivity contribution in [1.82, 2.24) is 4.40 Å². The van der Waals surface area contributed by atoms with E-state index in [2.05, 4.69) is 15.9 Å². The minimum absolute atomic E-state index is 0.245. The molecule has 1 atom stereocenters. The average Bonchev–Trinajstić information content (AvgIpc) is 2.79. The maximum Gasteiger partial charge on any atom is 0.316 e. The molecular weight excluding hydrogens is 341 g/mol. The molecular formula is C15H13BrFNO3. The molecule has 0 saturated heterocycles. The van der Waals surface area contributed by atoms with Crippen LogP contribution in [0.15, 0.2) is 22.8 Å². The average molecular weight is 354 g/mol. The van der Waals surface area contributed by atoms with Gasteiger partial charge >= 0.3 is 5.97 Å². The van der Waals surface area contributed by atoms with Crippen LogP contribution in [0.5, 0.6) is 0 Å². The number of carbonyl (C=O) groups excluding carboxylic acids is 2. The molecule has 0 N–H and O–H groups in total. The van der Waals surface area contributed by atoms with Gasteiger partial charge in [0.1, 0.15) is 11.7 Å². The first-order valence-electron chi connectivity index (χ1n) is 6.72. The van der Waals surface area contributed by atoms with Gasteiger partial charge in [-0.2, -0.15) is 0 Å². The Kier molecular flexibility index (Phi) is 3.57. The minimum Gasteiger partial charge on any atom is -0.465 e. The van der Waals surface area contributed by atoms with Crippen molar-refractivity contribution in [3.8, 4) is 0 Å². The topological polar surface area (TPSA) is 47.8 Å². The number of fused-ring (bicyclic) bond motifs is 3. The Balaban J connectivity index is 2.09. The first kappa shape index (κ1) is 14.3. The highest BCUT2D eigenvalue weighted by atomic mass is 79.9. The maximum absolute atomic E-state index is 13.5. The van der Waals surface area contributed by atoms with Crippen molar-refractivity contribution in [3.63, 3.8) is 0 Å². The number of esters is 1. The highest BCUT2D eigenvalue weighted by molar-refractivity contribution is 9.10. The molecule has 3 rings (SSSR count). The molecule has 4 nitrogen and oxygen atoms in total. The number of aryl methyl sites for hydroxylation is 1. The number of halogens is 2. The molecule has 110 valence electrons. The maximum atomic E-state index is 13.5. The van der Waals surface area contributed by atoms with E-state index >= 15 is 0 Å². The zero-order valence-electron chi connectivity index (χ0n) is 11.4. The second kappa shape index (κ2) is 5.26. The van der Waals surface area contributed by atoms with E-state index in [-0.39, 0.29) is 18.2 Å². The number of hydrogen-bond acceptors (Lipinski definition) is 3. The Hall–Kier alpha value is -1.69. The number of ether oxygens (including phenoxy) is 1. The number of hydrogen-bond donors (Lipinski definition) is 0. The SMILES string of the molecule is CCOC(=O)C1CCc2c(cc3c(Br)cc(F)cn23)C1=O. The van der Waals surface area contributed by atoms with E-state index in [0.29, 0.717) is 22.9 Å². The highest BCUT2D eigenvalue weighted by Crippen LogP contribution is 2.32. The number of pyridine rings is 1. The van der Waals surface area contributed by atoms with Crippen LogP contribution in [0.25, 0.3) is 5.52 Å². The molecule has 0 aromatic carbocycles. The summed E-state index contributed by atoms with van der Waals surface area (Å²) in [5.41, 5.74) is 1.95. The largest absolute Gasteiger partial charge is 0.465 e. The fourth-order valence-electron chi connectivity index (χ4n) is 2.79. The summed E-state index contributed by atoms with van der Waals surface area (Å²) >= 11 is 3.30. The molecule has 0 aliphatic heterocycles. The molecule has 6 heteroatoms. The lowest BCUT2D eigenvalue weighted by molar-refractivity contribution is -0.146. The minimum atomic E-state index is -0.751. The summed E-state index contributed by atoms with van der Waals surface area (Å²) in [5, 5.41) is 0. The molecule has 1 unspecified atom stereocenters. The van der Waals surface area contributed by atoms with E-state index in [0.717, 1.165) is 11.2 Å². The van der Waals surface area contributed by atoms with E-state index < -0.39 is 11.9 Å². The van der Waals surface area contributed by atoms with Crippen LogP contribution < -0.4 is 0 Å². The fourth-order valence-corrected chi connectivity index (χ4v) is 3.31. The van der Waals surface area contributed by atoms with Gasteiger partial charge in [-0.1, -0.05) is 0 Å². The Morgan fingerprint density at radius 2 is 2.29 bits per heavy atom. The van der Waals surface area contributed by atoms with Crippen LogP contribution >= 0.6 is 15.9 Å². The van der Waals surface area contributed by atoms with Crippen molar-refractivity contribution in [2.45, 2.75) is 19.8 Å². The van der Waals surface area contributed by atoms with Gasteiger partial charge in [-0.15, -0.1) is 0 Å². The van der Waals surface area contributed by atoms with Gasteiger partial charge in [0.15, 0.2) is 5.78 Å². The van der Waals surface area contributed by atoms with Crippen molar-refractivity contribution in [2.75, 3.05) is 6.61 Å². The molecule has 1 aliphatic carbocycles. The van der Waals surface area contributed by atoms with Gasteiger partial charge in [0.05, 0.1) is 12.1 Å². The first-order valence-corrected chi connectivity index (χ1v) is 7.52. The summed E-state index contributed by atoms with van der Waals surface area (Å²) in [4.78, 5) is 24.3. The third-order valence-electron chi connectivity index (χ3n) is 3.73. The summed E-state index contributed by atoms with van der Waals surface area (Å²) in [7, 11) is 0. The Labute approximate surface area is 129 Å². The quantitative estimate of drug-likeness (QED) is 0.615. The van der Waals surface area contributed by atoms with Crippen molar-refractivity contribution in [2.24, 2.45) is 5.92 Å². The van der Waals surface area contributed by atoms with Crippen LogP contribution in [0.1, 0.15) is 29.4 Å². The molecule has 2 aromatic rings. The van der Waals surface area contributed by atoms with Crippen molar-refractivity contribution >= 4 is 33.2 Å². The van der Waals surface area contributed by atoms with Gasteiger partial charge in [0.2, 0.25) is 0 Å². The summed E-state index contributed by atoms with van der Waals surface area (Å²) in [5.74, 6) is -1.86. The van der Waals surface area contributed by atoms with Gasteiger partial charge in [-0.05, 0) is 47.8 Å². The number of Topliss-reactive ketones (excluding diaryl/α,β-unsaturated/α-hetero) is 1. The van der Waals surface area contributed by atoms with Crippen LogP contribution in [-0.4, -0.2) is 22.8 Å². The second-order valence-corrected chi connectivity index (χ2v) is 5.83. The standard InChI is InChI=1S/C15H13BrFNO3/c1-2-21-15(20)9-3-4-12-10(14(9)19)6-13-11(16)5-8(17)7-18(12)13/h5-7,9H,2-4H2,1H3. The molecule has 1 aliphatic rings. The lowest BCUT2D eigenvalue weighted by Gasteiger charge is -2.19. The van der Waals surface area contributed by atoms with E-state index in [1.54, 1.807) is 17.4 Å². The molecule has 0 saturated carbocycles. The van der Waals surface area contributed by atoms with Crippen LogP contribution in [0.2, 0.25) is 0 Å². The number of rotatable bonds is 2. The molecule has 2 aromatic heterocycles. The highest BCUT2D eigenvalue weighted by Gasteiger charge is 2.35. The predicted molar refractivity (Wildman–Crippen MR) is 77.8 cm³/mol. The summed E-state index contributed by atoms with van der Waals surface area (Å²) in [6.07, 6.45) is 2.29. The van der Waals surface area contributed by atoms with Crippen molar-refractivity contribution < 1.29 is 18.7 Å². The fraction of sp³-hybridized carbons (Fsp3) is 0.333. The molecule has 0 radical (unpaired) electrons. The molecule has 0 bridgehead atoms. The molecule has 2 heterocycles. The zero-order chi connectivity index (χ0) is 15.1. The van der Waals surface area contributed by atoms with Gasteiger partial charge in [0, 0.05) is 21.9 Å². The van der Waals surface area contributed by atoms with Crippen molar-refractivity contribution in [1.29, 1.82) is 0 Å². The second-order valence-electron chi connectivity index (χ2n) is 4.97. The van der Waals surface area contributed by atoms with E-state index in [1.165, 1.54) is 12.3 Å². The molecule has 0 amide bonds. The van der Waals surface area contributed by atoms with Gasteiger partial charge < -0.3 is 9.14 Å². The zero-order valence-corrected chi connectivity index (χ0v) is 12.9. The summed E-state index contributed by atoms with van der Waals surface area (Å²) < 4.78 is 20.7. The number of aromatic nitrogens is 1. The third kappa shape index (κ3) is 2.27. The smallest absolute Gasteiger partial charge is 0.316 e. The number of ketones is 1. The van der Waals surface area contributed by atoms with Crippen LogP contribution in [0.3, 0.4) is 0 Å². The molecule has 21 heavy (non-hydrogen) atoms. The predicted octanol–water partition coefficient (Wildman–Crippen LogP) is 3.15. The van der Waals surface area contributed by atoms with E-state index in [9.17, 15) is 14.0 Å². The Morgan fingerprint density at radius 3 is 3.00 bits per heavy atom. The van der Waals surface area contributed by atoms with Crippen LogP contribution in [-0.2, 0) is 16.0 Å². The lowest BCUT2D eigenvalue weighted by Crippen LogP contribution is -2.30. The molecule has 0 spiro atoms. The van der Waals surface area contributed by atoms with Crippen molar-refractivity contribution in [3.05, 3.63) is 39.9 Å². The summed E-state index contributed by atoms with van der Waals surface area (Å²) in [6, 6.07) is 3.06. The number of carbonyl (C=O) groups is 2. The Bertz CT molecular complexity index is 753. The monoisotopic (exact) mass is 353 g/mol. The van der Waals surface area contributed by atoms with Crippen LogP contribution in [0.4, 0.5) is 4.39 Å². The first-order chi connectivity index (χ1) is 10.0. The van der Waals surface area contributed by atoms with Gasteiger partial charge in [-0.25, -0.2) is 4.39 Å². The lowest BCUT2D eigenvalue weighted by atomic mass is 9.86. The Morgan fingerprint density at radius 1 is 1.52 bits per heavy atom. The number of nitrogens with zero attached hydrogens (tertiary/aromatic N) is 1. The van der Waals surface area contributed by atoms with Gasteiger partial charge in [-0.3, -0.25) is 9.59 Å². The third-order valence-corrected chi connectivity index (χ3v) is 4.36.